The Bertz CT molecular complexity index is 292. The van der Waals surface area contributed by atoms with E-state index in [0.717, 1.165) is 13.1 Å². The van der Waals surface area contributed by atoms with Gasteiger partial charge in [-0.15, -0.1) is 0 Å². The van der Waals surface area contributed by atoms with E-state index in [4.69, 9.17) is 4.42 Å². The van der Waals surface area contributed by atoms with Gasteiger partial charge in [0.25, 0.3) is 0 Å². The van der Waals surface area contributed by atoms with Crippen LogP contribution in [0.3, 0.4) is 0 Å². The molecule has 17 heavy (non-hydrogen) atoms. The van der Waals surface area contributed by atoms with Crippen LogP contribution in [0.15, 0.2) is 23.0 Å². The topological polar surface area (TPSA) is 31.6 Å². The zero-order chi connectivity index (χ0) is 11.9. The van der Waals surface area contributed by atoms with Crippen molar-refractivity contribution < 1.29 is 4.42 Å². The minimum atomic E-state index is 0.916. The van der Waals surface area contributed by atoms with E-state index >= 15 is 0 Å². The second-order valence-electron chi connectivity index (χ2n) is 4.81. The Kier molecular flexibility index (Phi) is 5.04. The van der Waals surface area contributed by atoms with Crippen LogP contribution in [-0.4, -0.2) is 56.1 Å². The molecular weight excluding hydrogens is 214 g/mol. The van der Waals surface area contributed by atoms with Gasteiger partial charge in [0.15, 0.2) is 0 Å². The van der Waals surface area contributed by atoms with Crippen LogP contribution in [-0.2, 0) is 6.54 Å². The first kappa shape index (κ1) is 12.6. The molecule has 96 valence electrons. The van der Waals surface area contributed by atoms with Gasteiger partial charge >= 0.3 is 0 Å². The van der Waals surface area contributed by atoms with Crippen molar-refractivity contribution in [3.63, 3.8) is 0 Å². The Morgan fingerprint density at radius 2 is 2.12 bits per heavy atom. The summed E-state index contributed by atoms with van der Waals surface area (Å²) in [6, 6.07) is 2.01. The fourth-order valence-electron chi connectivity index (χ4n) is 2.13. The Labute approximate surface area is 104 Å². The molecule has 0 amide bonds. The lowest BCUT2D eigenvalue weighted by Gasteiger charge is -2.32. The molecule has 1 saturated heterocycles. The minimum Gasteiger partial charge on any atom is -0.472 e. The van der Waals surface area contributed by atoms with Crippen molar-refractivity contribution in [1.82, 2.24) is 15.1 Å². The molecule has 0 unspecified atom stereocenters. The number of hydrogen-bond acceptors (Lipinski definition) is 4. The molecule has 1 aromatic rings. The summed E-state index contributed by atoms with van der Waals surface area (Å²) in [7, 11) is 2.20. The Hall–Kier alpha value is -0.840. The Morgan fingerprint density at radius 3 is 2.82 bits per heavy atom. The van der Waals surface area contributed by atoms with Gasteiger partial charge in [0, 0.05) is 38.3 Å². The summed E-state index contributed by atoms with van der Waals surface area (Å²) in [6.07, 6.45) is 4.75. The molecule has 0 bridgehead atoms. The average Bonchev–Trinajstić information content (AvgIpc) is 2.84. The highest BCUT2D eigenvalue weighted by Crippen LogP contribution is 2.00. The van der Waals surface area contributed by atoms with Gasteiger partial charge in [-0.3, -0.25) is 0 Å². The molecule has 4 heteroatoms. The minimum absolute atomic E-state index is 0.916. The fraction of sp³-hybridized carbons (Fsp3) is 0.692. The number of rotatable bonds is 6. The number of nitrogens with one attached hydrogen (secondary N) is 1. The SMILES string of the molecule is CN1CCN(CCCNCc2ccoc2)CC1. The summed E-state index contributed by atoms with van der Waals surface area (Å²) in [5, 5.41) is 3.44. The lowest BCUT2D eigenvalue weighted by atomic mass is 10.3. The van der Waals surface area contributed by atoms with Gasteiger partial charge in [0.1, 0.15) is 0 Å². The van der Waals surface area contributed by atoms with Crippen molar-refractivity contribution in [3.8, 4) is 0 Å². The van der Waals surface area contributed by atoms with E-state index in [1.807, 2.05) is 6.07 Å². The number of nitrogens with zero attached hydrogens (tertiary/aromatic N) is 2. The van der Waals surface area contributed by atoms with E-state index in [1.165, 1.54) is 44.7 Å². The molecule has 4 nitrogen and oxygen atoms in total. The van der Waals surface area contributed by atoms with Crippen molar-refractivity contribution >= 4 is 0 Å². The van der Waals surface area contributed by atoms with Gasteiger partial charge in [-0.05, 0) is 32.6 Å². The third-order valence-electron chi connectivity index (χ3n) is 3.33. The van der Waals surface area contributed by atoms with E-state index in [-0.39, 0.29) is 0 Å². The van der Waals surface area contributed by atoms with Crippen molar-refractivity contribution in [1.29, 1.82) is 0 Å². The normalized spacial score (nSPS) is 18.6. The largest absolute Gasteiger partial charge is 0.472 e. The third kappa shape index (κ3) is 4.50. The predicted molar refractivity (Wildman–Crippen MR) is 69.0 cm³/mol. The molecule has 1 fully saturated rings. The van der Waals surface area contributed by atoms with Crippen molar-refractivity contribution in [2.75, 3.05) is 46.3 Å². The number of piperazine rings is 1. The smallest absolute Gasteiger partial charge is 0.0947 e. The van der Waals surface area contributed by atoms with Crippen molar-refractivity contribution in [2.24, 2.45) is 0 Å². The Balaban J connectivity index is 1.49. The van der Waals surface area contributed by atoms with Crippen molar-refractivity contribution in [3.05, 3.63) is 24.2 Å². The van der Waals surface area contributed by atoms with Gasteiger partial charge in [0.05, 0.1) is 12.5 Å². The quantitative estimate of drug-likeness (QED) is 0.748. The maximum Gasteiger partial charge on any atom is 0.0947 e. The first-order chi connectivity index (χ1) is 8.34. The molecule has 0 saturated carbocycles. The molecule has 0 atom stereocenters. The molecule has 1 N–H and O–H groups in total. The Morgan fingerprint density at radius 1 is 1.29 bits per heavy atom. The van der Waals surface area contributed by atoms with Crippen LogP contribution in [0.2, 0.25) is 0 Å². The highest BCUT2D eigenvalue weighted by molar-refractivity contribution is 5.04. The average molecular weight is 237 g/mol. The summed E-state index contributed by atoms with van der Waals surface area (Å²) >= 11 is 0. The molecule has 1 aliphatic heterocycles. The number of furan rings is 1. The van der Waals surface area contributed by atoms with Gasteiger partial charge in [-0.2, -0.15) is 0 Å². The zero-order valence-corrected chi connectivity index (χ0v) is 10.7. The van der Waals surface area contributed by atoms with Crippen LogP contribution < -0.4 is 5.32 Å². The molecule has 2 heterocycles. The maximum absolute atomic E-state index is 5.02. The van der Waals surface area contributed by atoms with Crippen LogP contribution in [0.5, 0.6) is 0 Å². The summed E-state index contributed by atoms with van der Waals surface area (Å²) in [5.74, 6) is 0. The fourth-order valence-corrected chi connectivity index (χ4v) is 2.13. The standard InChI is InChI=1S/C13H23N3O/c1-15-6-8-16(9-7-15)5-2-4-14-11-13-3-10-17-12-13/h3,10,12,14H,2,4-9,11H2,1H3. The van der Waals surface area contributed by atoms with E-state index in [9.17, 15) is 0 Å². The lowest BCUT2D eigenvalue weighted by molar-refractivity contribution is 0.153. The third-order valence-corrected chi connectivity index (χ3v) is 3.33. The molecule has 1 aliphatic rings. The summed E-state index contributed by atoms with van der Waals surface area (Å²) < 4.78 is 5.02. The highest BCUT2D eigenvalue weighted by atomic mass is 16.3. The van der Waals surface area contributed by atoms with Crippen LogP contribution in [0.4, 0.5) is 0 Å². The molecular formula is C13H23N3O. The van der Waals surface area contributed by atoms with Crippen LogP contribution >= 0.6 is 0 Å². The van der Waals surface area contributed by atoms with Crippen LogP contribution in [0.25, 0.3) is 0 Å². The van der Waals surface area contributed by atoms with Gasteiger partial charge in [-0.25, -0.2) is 0 Å². The molecule has 0 spiro atoms. The summed E-state index contributed by atoms with van der Waals surface area (Å²) in [6.45, 7) is 8.07. The van der Waals surface area contributed by atoms with Gasteiger partial charge in [-0.1, -0.05) is 0 Å². The second-order valence-corrected chi connectivity index (χ2v) is 4.81. The first-order valence-electron chi connectivity index (χ1n) is 6.47. The van der Waals surface area contributed by atoms with Crippen molar-refractivity contribution in [2.45, 2.75) is 13.0 Å². The van der Waals surface area contributed by atoms with E-state index < -0.39 is 0 Å². The second kappa shape index (κ2) is 6.79. The van der Waals surface area contributed by atoms with Crippen LogP contribution in [0.1, 0.15) is 12.0 Å². The first-order valence-corrected chi connectivity index (χ1v) is 6.47. The molecule has 0 aromatic carbocycles. The van der Waals surface area contributed by atoms with Gasteiger partial charge in [0.2, 0.25) is 0 Å². The maximum atomic E-state index is 5.02. The monoisotopic (exact) mass is 237 g/mol. The summed E-state index contributed by atoms with van der Waals surface area (Å²) in [5.41, 5.74) is 1.23. The van der Waals surface area contributed by atoms with E-state index in [2.05, 4.69) is 22.2 Å². The predicted octanol–water partition coefficient (Wildman–Crippen LogP) is 1.01. The van der Waals surface area contributed by atoms with Gasteiger partial charge < -0.3 is 19.5 Å². The highest BCUT2D eigenvalue weighted by Gasteiger charge is 2.12. The molecule has 0 radical (unpaired) electrons. The zero-order valence-electron chi connectivity index (χ0n) is 10.7. The van der Waals surface area contributed by atoms with E-state index in [1.54, 1.807) is 12.5 Å². The number of likely N-dealkylation sites (N-methyl/N-ethyl adjacent to an activating group) is 1. The lowest BCUT2D eigenvalue weighted by Crippen LogP contribution is -2.45. The summed E-state index contributed by atoms with van der Waals surface area (Å²) in [4.78, 5) is 4.95. The molecule has 2 rings (SSSR count). The molecule has 1 aromatic heterocycles. The molecule has 0 aliphatic carbocycles. The van der Waals surface area contributed by atoms with E-state index in [0.29, 0.717) is 0 Å². The van der Waals surface area contributed by atoms with Crippen LogP contribution in [0, 0.1) is 0 Å². The number of hydrogen-bond donors (Lipinski definition) is 1.